The van der Waals surface area contributed by atoms with Crippen LogP contribution in [0.5, 0.6) is 0 Å². The van der Waals surface area contributed by atoms with Gasteiger partial charge in [0.25, 0.3) is 5.60 Å². The van der Waals surface area contributed by atoms with Gasteiger partial charge < -0.3 is 4.74 Å². The van der Waals surface area contributed by atoms with Gasteiger partial charge in [0.05, 0.1) is 5.60 Å². The molecular formula is C14H16F6O. The molecule has 0 aliphatic rings. The van der Waals surface area contributed by atoms with E-state index in [9.17, 15) is 26.3 Å². The molecule has 0 heterocycles. The van der Waals surface area contributed by atoms with Crippen LogP contribution in [-0.2, 0) is 10.3 Å². The van der Waals surface area contributed by atoms with Crippen molar-refractivity contribution >= 4 is 0 Å². The first-order valence-electron chi connectivity index (χ1n) is 6.11. The Morgan fingerprint density at radius 2 is 1.14 bits per heavy atom. The summed E-state index contributed by atoms with van der Waals surface area (Å²) < 4.78 is 84.6. The molecule has 1 rings (SSSR count). The van der Waals surface area contributed by atoms with Crippen molar-refractivity contribution in [2.75, 3.05) is 0 Å². The number of hydrogen-bond donors (Lipinski definition) is 0. The molecule has 0 spiro atoms. The van der Waals surface area contributed by atoms with Gasteiger partial charge in [-0.2, -0.15) is 26.3 Å². The molecule has 0 bridgehead atoms. The number of aryl methyl sites for hydroxylation is 1. The normalized spacial score (nSPS) is 14.4. The van der Waals surface area contributed by atoms with E-state index in [0.29, 0.717) is 5.56 Å². The topological polar surface area (TPSA) is 9.23 Å². The van der Waals surface area contributed by atoms with Crippen LogP contribution in [-0.4, -0.2) is 18.0 Å². The lowest BCUT2D eigenvalue weighted by Gasteiger charge is -2.41. The van der Waals surface area contributed by atoms with Gasteiger partial charge in [-0.25, -0.2) is 0 Å². The molecule has 1 aromatic rings. The van der Waals surface area contributed by atoms with Crippen molar-refractivity contribution in [2.45, 2.75) is 51.2 Å². The Kier molecular flexibility index (Phi) is 4.40. The molecular weight excluding hydrogens is 298 g/mol. The first kappa shape index (κ1) is 17.8. The summed E-state index contributed by atoms with van der Waals surface area (Å²) in [5.41, 5.74) is -6.43. The van der Waals surface area contributed by atoms with E-state index in [1.165, 1.54) is 12.1 Å². The van der Waals surface area contributed by atoms with Crippen molar-refractivity contribution in [1.29, 1.82) is 0 Å². The number of halogens is 6. The van der Waals surface area contributed by atoms with E-state index >= 15 is 0 Å². The summed E-state index contributed by atoms with van der Waals surface area (Å²) in [4.78, 5) is 0. The van der Waals surface area contributed by atoms with Crippen LogP contribution in [0.3, 0.4) is 0 Å². The zero-order valence-corrected chi connectivity index (χ0v) is 12.0. The maximum absolute atomic E-state index is 13.3. The third-order valence-corrected chi connectivity index (χ3v) is 2.72. The molecule has 1 aromatic carbocycles. The second-order valence-electron chi connectivity index (χ2n) is 5.76. The summed E-state index contributed by atoms with van der Waals surface area (Å²) in [6.45, 7) is 5.01. The van der Waals surface area contributed by atoms with Crippen LogP contribution in [0.2, 0.25) is 0 Å². The predicted molar refractivity (Wildman–Crippen MR) is 65.8 cm³/mol. The molecule has 7 heteroatoms. The van der Waals surface area contributed by atoms with Crippen molar-refractivity contribution < 1.29 is 31.1 Å². The number of alkyl halides is 6. The Morgan fingerprint density at radius 1 is 0.762 bits per heavy atom. The second-order valence-corrected chi connectivity index (χ2v) is 5.76. The average Bonchev–Trinajstić information content (AvgIpc) is 2.22. The molecule has 0 aromatic heterocycles. The van der Waals surface area contributed by atoms with Crippen LogP contribution in [0.25, 0.3) is 0 Å². The van der Waals surface area contributed by atoms with Crippen molar-refractivity contribution in [3.8, 4) is 0 Å². The Labute approximate surface area is 118 Å². The largest absolute Gasteiger partial charge is 0.430 e. The van der Waals surface area contributed by atoms with E-state index in [1.807, 2.05) is 0 Å². The van der Waals surface area contributed by atoms with Crippen molar-refractivity contribution in [3.05, 3.63) is 35.4 Å². The minimum Gasteiger partial charge on any atom is -0.348 e. The van der Waals surface area contributed by atoms with Gasteiger partial charge in [0.1, 0.15) is 0 Å². The minimum absolute atomic E-state index is 0.549. The van der Waals surface area contributed by atoms with Crippen molar-refractivity contribution in [1.82, 2.24) is 0 Å². The zero-order chi connectivity index (χ0) is 16.7. The van der Waals surface area contributed by atoms with Gasteiger partial charge >= 0.3 is 12.4 Å². The molecule has 0 radical (unpaired) electrons. The lowest BCUT2D eigenvalue weighted by atomic mass is 9.90. The third-order valence-electron chi connectivity index (χ3n) is 2.72. The fourth-order valence-corrected chi connectivity index (χ4v) is 1.91. The number of hydrogen-bond acceptors (Lipinski definition) is 1. The molecule has 1 nitrogen and oxygen atoms in total. The Hall–Kier alpha value is -1.24. The van der Waals surface area contributed by atoms with E-state index in [-0.39, 0.29) is 0 Å². The SMILES string of the molecule is Cc1ccc(C(OC(C)(C)C)(C(F)(F)F)C(F)(F)F)cc1. The second kappa shape index (κ2) is 5.19. The monoisotopic (exact) mass is 314 g/mol. The lowest BCUT2D eigenvalue weighted by Crippen LogP contribution is -2.58. The predicted octanol–water partition coefficient (Wildman–Crippen LogP) is 5.13. The standard InChI is InChI=1S/C14H16F6O/c1-9-5-7-10(8-6-9)12(13(15,16)17,14(18,19)20)21-11(2,3)4/h5-8H,1-4H3. The molecule has 0 saturated heterocycles. The van der Waals surface area contributed by atoms with Gasteiger partial charge in [0.2, 0.25) is 0 Å². The highest BCUT2D eigenvalue weighted by Gasteiger charge is 2.74. The summed E-state index contributed by atoms with van der Waals surface area (Å²) in [6, 6.07) is 3.96. The van der Waals surface area contributed by atoms with Crippen LogP contribution in [0.4, 0.5) is 26.3 Å². The Bertz CT molecular complexity index is 464. The highest BCUT2D eigenvalue weighted by atomic mass is 19.4. The molecule has 0 aliphatic carbocycles. The fourth-order valence-electron chi connectivity index (χ4n) is 1.91. The van der Waals surface area contributed by atoms with Crippen LogP contribution in [0, 0.1) is 6.92 Å². The summed E-state index contributed by atoms with van der Waals surface area (Å²) in [5, 5.41) is 0. The molecule has 0 aliphatic heterocycles. The van der Waals surface area contributed by atoms with E-state index in [1.54, 1.807) is 6.92 Å². The summed E-state index contributed by atoms with van der Waals surface area (Å²) >= 11 is 0. The lowest BCUT2D eigenvalue weighted by molar-refractivity contribution is -0.407. The van der Waals surface area contributed by atoms with E-state index in [2.05, 4.69) is 4.74 Å². The maximum atomic E-state index is 13.3. The third kappa shape index (κ3) is 3.51. The van der Waals surface area contributed by atoms with E-state index in [4.69, 9.17) is 0 Å². The van der Waals surface area contributed by atoms with Gasteiger partial charge in [0.15, 0.2) is 0 Å². The van der Waals surface area contributed by atoms with Gasteiger partial charge in [0, 0.05) is 5.56 Å². The maximum Gasteiger partial charge on any atom is 0.430 e. The van der Waals surface area contributed by atoms with Gasteiger partial charge in [-0.1, -0.05) is 29.8 Å². The minimum atomic E-state index is -5.65. The molecule has 0 N–H and O–H groups in total. The number of ether oxygens (including phenoxy) is 1. The van der Waals surface area contributed by atoms with E-state index in [0.717, 1.165) is 32.9 Å². The average molecular weight is 314 g/mol. The van der Waals surface area contributed by atoms with E-state index < -0.39 is 29.1 Å². The van der Waals surface area contributed by atoms with Crippen LogP contribution < -0.4 is 0 Å². The molecule has 0 amide bonds. The Balaban J connectivity index is 3.63. The summed E-state index contributed by atoms with van der Waals surface area (Å²) in [6.07, 6.45) is -11.3. The number of rotatable bonds is 2. The quantitative estimate of drug-likeness (QED) is 0.688. The fraction of sp³-hybridized carbons (Fsp3) is 0.571. The van der Waals surface area contributed by atoms with Crippen LogP contribution in [0.1, 0.15) is 31.9 Å². The smallest absolute Gasteiger partial charge is 0.348 e. The van der Waals surface area contributed by atoms with Crippen molar-refractivity contribution in [3.63, 3.8) is 0 Å². The molecule has 0 saturated carbocycles. The molecule has 0 atom stereocenters. The van der Waals surface area contributed by atoms with Crippen LogP contribution in [0.15, 0.2) is 24.3 Å². The highest BCUT2D eigenvalue weighted by Crippen LogP contribution is 2.54. The highest BCUT2D eigenvalue weighted by molar-refractivity contribution is 5.30. The van der Waals surface area contributed by atoms with Gasteiger partial charge in [-0.05, 0) is 27.7 Å². The molecule has 0 fully saturated rings. The molecule has 0 unspecified atom stereocenters. The Morgan fingerprint density at radius 3 is 1.43 bits per heavy atom. The zero-order valence-electron chi connectivity index (χ0n) is 12.0. The van der Waals surface area contributed by atoms with Gasteiger partial charge in [-0.15, -0.1) is 0 Å². The van der Waals surface area contributed by atoms with Crippen molar-refractivity contribution in [2.24, 2.45) is 0 Å². The van der Waals surface area contributed by atoms with Crippen LogP contribution >= 0.6 is 0 Å². The summed E-state index contributed by atoms with van der Waals surface area (Å²) in [5.74, 6) is 0. The molecule has 120 valence electrons. The number of benzene rings is 1. The summed E-state index contributed by atoms with van der Waals surface area (Å²) in [7, 11) is 0. The molecule has 21 heavy (non-hydrogen) atoms. The first-order valence-corrected chi connectivity index (χ1v) is 6.11. The first-order chi connectivity index (χ1) is 9.21. The van der Waals surface area contributed by atoms with Gasteiger partial charge in [-0.3, -0.25) is 0 Å².